The molecule has 8 atom stereocenters. The number of aliphatic carboxylic acids is 1. The fourth-order valence-corrected chi connectivity index (χ4v) is 5.58. The summed E-state index contributed by atoms with van der Waals surface area (Å²) in [5.74, 6) is 0.749. The highest BCUT2D eigenvalue weighted by Gasteiger charge is 2.55. The van der Waals surface area contributed by atoms with Gasteiger partial charge in [-0.05, 0) is 50.3 Å². The molecule has 4 rings (SSSR count). The van der Waals surface area contributed by atoms with Gasteiger partial charge in [0.15, 0.2) is 17.6 Å². The summed E-state index contributed by atoms with van der Waals surface area (Å²) < 4.78 is 12.0. The molecule has 0 bridgehead atoms. The number of hydrogen-bond donors (Lipinski definition) is 8. The van der Waals surface area contributed by atoms with Crippen LogP contribution in [0.2, 0.25) is 0 Å². The number of aliphatic hydroxyl groups is 5. The van der Waals surface area contributed by atoms with Gasteiger partial charge in [0.25, 0.3) is 0 Å². The standard InChI is InChI=1S/C18H25NO2.C6H12O7.CH5N/c1-11-10-18-8-4-3-5-12-6-7-14(20-2)17(16(12)18)21-15(18)9-13(11)19;7-1-2(8)3(9)4(10)5(11)6(12)13;1-2/h6-7,11,13,15H,3-5,8-10,19H2,1-2H3;2-5,7-11H,1H2,(H,12,13);2H2,1H3/t11-,13-,15?,18-;2-,3-,4+,5-;/m11./s1. The molecule has 1 heterocycles. The predicted molar refractivity (Wildman–Crippen MR) is 132 cm³/mol. The first kappa shape index (κ1) is 30.2. The fraction of sp³-hybridized carbons (Fsp3) is 0.720. The highest BCUT2D eigenvalue weighted by molar-refractivity contribution is 5.72. The predicted octanol–water partition coefficient (Wildman–Crippen LogP) is -0.741. The van der Waals surface area contributed by atoms with E-state index in [1.165, 1.54) is 43.9 Å². The minimum absolute atomic E-state index is 0.186. The fourth-order valence-electron chi connectivity index (χ4n) is 5.58. The Labute approximate surface area is 211 Å². The van der Waals surface area contributed by atoms with Gasteiger partial charge in [-0.15, -0.1) is 0 Å². The highest BCUT2D eigenvalue weighted by atomic mass is 16.5. The molecule has 1 aromatic carbocycles. The van der Waals surface area contributed by atoms with Crippen molar-refractivity contribution in [2.45, 2.75) is 87.4 Å². The minimum Gasteiger partial charge on any atom is -0.493 e. The van der Waals surface area contributed by atoms with Crippen molar-refractivity contribution in [2.75, 3.05) is 20.8 Å². The number of carboxylic acid groups (broad SMARTS) is 1. The Bertz CT molecular complexity index is 870. The second kappa shape index (κ2) is 13.0. The topological polar surface area (TPSA) is 209 Å². The molecule has 2 aliphatic carbocycles. The van der Waals surface area contributed by atoms with Gasteiger partial charge in [-0.2, -0.15) is 0 Å². The third kappa shape index (κ3) is 5.94. The van der Waals surface area contributed by atoms with Crippen molar-refractivity contribution in [3.05, 3.63) is 23.3 Å². The maximum Gasteiger partial charge on any atom is 0.335 e. The van der Waals surface area contributed by atoms with Crippen molar-refractivity contribution in [3.8, 4) is 11.5 Å². The van der Waals surface area contributed by atoms with Crippen molar-refractivity contribution in [1.82, 2.24) is 0 Å². The van der Waals surface area contributed by atoms with E-state index in [1.54, 1.807) is 7.11 Å². The van der Waals surface area contributed by atoms with Gasteiger partial charge in [-0.1, -0.05) is 19.4 Å². The summed E-state index contributed by atoms with van der Waals surface area (Å²) >= 11 is 0. The van der Waals surface area contributed by atoms with E-state index in [0.717, 1.165) is 24.3 Å². The molecule has 1 aliphatic heterocycles. The molecule has 1 aromatic rings. The molecule has 1 fully saturated rings. The Hall–Kier alpha value is -1.99. The molecular weight excluding hydrogens is 472 g/mol. The maximum atomic E-state index is 10.1. The van der Waals surface area contributed by atoms with Crippen LogP contribution in [0.1, 0.15) is 50.2 Å². The quantitative estimate of drug-likeness (QED) is 0.237. The second-order valence-corrected chi connectivity index (χ2v) is 9.70. The number of aliphatic hydroxyl groups excluding tert-OH is 5. The van der Waals surface area contributed by atoms with Gasteiger partial charge in [-0.3, -0.25) is 0 Å². The number of aryl methyl sites for hydroxylation is 1. The highest BCUT2D eigenvalue weighted by Crippen LogP contribution is 2.58. The Morgan fingerprint density at radius 1 is 1.19 bits per heavy atom. The summed E-state index contributed by atoms with van der Waals surface area (Å²) in [6, 6.07) is 4.59. The first-order valence-electron chi connectivity index (χ1n) is 12.3. The Kier molecular flexibility index (Phi) is 10.9. The molecular formula is C25H42N2O9. The van der Waals surface area contributed by atoms with Crippen LogP contribution in [0.3, 0.4) is 0 Å². The number of ether oxygens (including phenoxy) is 2. The largest absolute Gasteiger partial charge is 0.493 e. The van der Waals surface area contributed by atoms with E-state index in [0.29, 0.717) is 5.92 Å². The lowest BCUT2D eigenvalue weighted by Crippen LogP contribution is -2.51. The third-order valence-corrected chi connectivity index (χ3v) is 7.53. The molecule has 11 nitrogen and oxygen atoms in total. The Balaban J connectivity index is 0.000000265. The zero-order valence-corrected chi connectivity index (χ0v) is 21.2. The zero-order chi connectivity index (χ0) is 27.2. The van der Waals surface area contributed by atoms with Gasteiger partial charge < -0.3 is 51.6 Å². The lowest BCUT2D eigenvalue weighted by Gasteiger charge is -2.44. The van der Waals surface area contributed by atoms with Gasteiger partial charge in [0, 0.05) is 23.4 Å². The summed E-state index contributed by atoms with van der Waals surface area (Å²) in [5, 5.41) is 51.8. The van der Waals surface area contributed by atoms with E-state index in [-0.39, 0.29) is 17.6 Å². The average molecular weight is 515 g/mol. The average Bonchev–Trinajstić information content (AvgIpc) is 3.08. The first-order chi connectivity index (χ1) is 17.1. The molecule has 10 N–H and O–H groups in total. The van der Waals surface area contributed by atoms with Crippen LogP contribution in [0.5, 0.6) is 11.5 Å². The summed E-state index contributed by atoms with van der Waals surface area (Å²) in [4.78, 5) is 10.1. The number of benzene rings is 1. The number of rotatable bonds is 6. The van der Waals surface area contributed by atoms with E-state index in [4.69, 9.17) is 45.8 Å². The van der Waals surface area contributed by atoms with Gasteiger partial charge >= 0.3 is 5.97 Å². The van der Waals surface area contributed by atoms with E-state index in [2.05, 4.69) is 24.8 Å². The molecule has 1 saturated carbocycles. The summed E-state index contributed by atoms with van der Waals surface area (Å²) in [7, 11) is 3.24. The SMILES string of the molecule is CN.COc1ccc2c3c1OC1C[C@@H](N)[C@H](C)C[C@@]31CCCC2.O=C(O)[C@H](O)[C@@H](O)[C@H](O)[C@H](O)CO. The third-order valence-electron chi connectivity index (χ3n) is 7.53. The first-order valence-corrected chi connectivity index (χ1v) is 12.3. The zero-order valence-electron chi connectivity index (χ0n) is 21.2. The normalized spacial score (nSPS) is 29.2. The Morgan fingerprint density at radius 2 is 1.86 bits per heavy atom. The monoisotopic (exact) mass is 514 g/mol. The smallest absolute Gasteiger partial charge is 0.335 e. The second-order valence-electron chi connectivity index (χ2n) is 9.70. The molecule has 0 radical (unpaired) electrons. The number of nitrogens with two attached hydrogens (primary N) is 2. The van der Waals surface area contributed by atoms with E-state index < -0.39 is 37.0 Å². The van der Waals surface area contributed by atoms with Crippen LogP contribution in [0.25, 0.3) is 0 Å². The number of carboxylic acids is 1. The van der Waals surface area contributed by atoms with Crippen molar-refractivity contribution in [1.29, 1.82) is 0 Å². The summed E-state index contributed by atoms with van der Waals surface area (Å²) in [5.41, 5.74) is 14.0. The van der Waals surface area contributed by atoms with Crippen LogP contribution in [-0.4, -0.2) is 93.9 Å². The number of carbonyl (C=O) groups is 1. The Morgan fingerprint density at radius 3 is 2.44 bits per heavy atom. The van der Waals surface area contributed by atoms with Crippen LogP contribution < -0.4 is 20.9 Å². The molecule has 0 saturated heterocycles. The molecule has 3 aliphatic rings. The number of methoxy groups -OCH3 is 1. The lowest BCUT2D eigenvalue weighted by atomic mass is 9.62. The van der Waals surface area contributed by atoms with Crippen molar-refractivity contribution in [2.24, 2.45) is 17.4 Å². The lowest BCUT2D eigenvalue weighted by molar-refractivity contribution is -0.164. The van der Waals surface area contributed by atoms with Gasteiger partial charge in [0.05, 0.1) is 13.7 Å². The van der Waals surface area contributed by atoms with Gasteiger partial charge in [-0.25, -0.2) is 4.79 Å². The van der Waals surface area contributed by atoms with Crippen molar-refractivity contribution < 1.29 is 44.9 Å². The van der Waals surface area contributed by atoms with Crippen LogP contribution >= 0.6 is 0 Å². The summed E-state index contributed by atoms with van der Waals surface area (Å²) in [6.45, 7) is 1.46. The van der Waals surface area contributed by atoms with E-state index in [1.807, 2.05) is 0 Å². The molecule has 0 aromatic heterocycles. The molecule has 206 valence electrons. The molecule has 11 heteroatoms. The molecule has 1 spiro atoms. The van der Waals surface area contributed by atoms with Crippen molar-refractivity contribution in [3.63, 3.8) is 0 Å². The summed E-state index contributed by atoms with van der Waals surface area (Å²) in [6.07, 6.45) is -0.481. The number of hydrogen-bond acceptors (Lipinski definition) is 10. The molecule has 36 heavy (non-hydrogen) atoms. The molecule has 0 amide bonds. The van der Waals surface area contributed by atoms with Crippen LogP contribution in [0.4, 0.5) is 0 Å². The van der Waals surface area contributed by atoms with E-state index >= 15 is 0 Å². The van der Waals surface area contributed by atoms with Crippen LogP contribution in [-0.2, 0) is 16.6 Å². The maximum absolute atomic E-state index is 10.1. The van der Waals surface area contributed by atoms with E-state index in [9.17, 15) is 4.79 Å². The minimum atomic E-state index is -2.20. The molecule has 1 unspecified atom stereocenters. The van der Waals surface area contributed by atoms with Crippen LogP contribution in [0.15, 0.2) is 12.1 Å². The van der Waals surface area contributed by atoms with Gasteiger partial charge in [0.2, 0.25) is 0 Å². The van der Waals surface area contributed by atoms with Gasteiger partial charge in [0.1, 0.15) is 24.4 Å². The van der Waals surface area contributed by atoms with Crippen LogP contribution in [0, 0.1) is 5.92 Å². The van der Waals surface area contributed by atoms with Crippen molar-refractivity contribution >= 4 is 5.97 Å².